The van der Waals surface area contributed by atoms with E-state index < -0.39 is 11.8 Å². The SMILES string of the molecule is COC(=O)/C(=C/c1coc2ccccc2c1=O)C(C)=O. The fourth-order valence-corrected chi connectivity index (χ4v) is 1.76. The maximum atomic E-state index is 12.2. The average molecular weight is 272 g/mol. The molecule has 0 atom stereocenters. The van der Waals surface area contributed by atoms with Crippen molar-refractivity contribution in [3.8, 4) is 0 Å². The number of hydrogen-bond acceptors (Lipinski definition) is 5. The summed E-state index contributed by atoms with van der Waals surface area (Å²) in [6, 6.07) is 6.73. The van der Waals surface area contributed by atoms with Crippen LogP contribution in [0.2, 0.25) is 0 Å². The molecule has 2 rings (SSSR count). The van der Waals surface area contributed by atoms with Gasteiger partial charge in [-0.05, 0) is 25.1 Å². The van der Waals surface area contributed by atoms with Crippen molar-refractivity contribution in [2.45, 2.75) is 6.92 Å². The van der Waals surface area contributed by atoms with Gasteiger partial charge < -0.3 is 9.15 Å². The first-order chi connectivity index (χ1) is 9.54. The number of ketones is 1. The van der Waals surface area contributed by atoms with Crippen LogP contribution in [0.15, 0.2) is 45.3 Å². The number of benzene rings is 1. The Balaban J connectivity index is 2.63. The van der Waals surface area contributed by atoms with Crippen molar-refractivity contribution in [2.24, 2.45) is 0 Å². The molecule has 1 heterocycles. The smallest absolute Gasteiger partial charge is 0.341 e. The summed E-state index contributed by atoms with van der Waals surface area (Å²) in [6.07, 6.45) is 2.41. The van der Waals surface area contributed by atoms with Crippen molar-refractivity contribution < 1.29 is 18.7 Å². The lowest BCUT2D eigenvalue weighted by Gasteiger charge is -2.02. The van der Waals surface area contributed by atoms with Crippen molar-refractivity contribution >= 4 is 28.8 Å². The molecule has 0 radical (unpaired) electrons. The fraction of sp³-hybridized carbons (Fsp3) is 0.133. The minimum Gasteiger partial charge on any atom is -0.465 e. The van der Waals surface area contributed by atoms with Crippen LogP contribution in [0.3, 0.4) is 0 Å². The zero-order chi connectivity index (χ0) is 14.7. The molecular weight excluding hydrogens is 260 g/mol. The van der Waals surface area contributed by atoms with E-state index in [0.717, 1.165) is 0 Å². The van der Waals surface area contributed by atoms with Gasteiger partial charge in [0.1, 0.15) is 17.4 Å². The Hall–Kier alpha value is -2.69. The molecule has 0 fully saturated rings. The van der Waals surface area contributed by atoms with E-state index in [0.29, 0.717) is 11.0 Å². The first kappa shape index (κ1) is 13.7. The normalized spacial score (nSPS) is 11.4. The van der Waals surface area contributed by atoms with Crippen molar-refractivity contribution in [1.29, 1.82) is 0 Å². The molecule has 0 saturated carbocycles. The fourth-order valence-electron chi connectivity index (χ4n) is 1.76. The lowest BCUT2D eigenvalue weighted by molar-refractivity contribution is -0.137. The molecule has 102 valence electrons. The molecule has 0 bridgehead atoms. The molecule has 1 aromatic carbocycles. The van der Waals surface area contributed by atoms with Gasteiger partial charge in [0.2, 0.25) is 0 Å². The standard InChI is InChI=1S/C15H12O5/c1-9(16)12(15(18)19-2)7-10-8-20-13-6-4-3-5-11(13)14(10)17/h3-8H,1-2H3/b12-7+. The third kappa shape index (κ3) is 2.51. The average Bonchev–Trinajstić information content (AvgIpc) is 2.46. The third-order valence-electron chi connectivity index (χ3n) is 2.79. The van der Waals surface area contributed by atoms with Crippen molar-refractivity contribution in [1.82, 2.24) is 0 Å². The van der Waals surface area contributed by atoms with E-state index in [-0.39, 0.29) is 16.6 Å². The van der Waals surface area contributed by atoms with Gasteiger partial charge in [0.25, 0.3) is 0 Å². The van der Waals surface area contributed by atoms with Gasteiger partial charge in [-0.25, -0.2) is 4.79 Å². The molecule has 0 unspecified atom stereocenters. The summed E-state index contributed by atoms with van der Waals surface area (Å²) in [5.41, 5.74) is 0.0565. The van der Waals surface area contributed by atoms with Gasteiger partial charge in [0.05, 0.1) is 18.1 Å². The van der Waals surface area contributed by atoms with Crippen LogP contribution in [0.4, 0.5) is 0 Å². The quantitative estimate of drug-likeness (QED) is 0.369. The maximum absolute atomic E-state index is 12.2. The number of carbonyl (C=O) groups excluding carboxylic acids is 2. The number of para-hydroxylation sites is 1. The van der Waals surface area contributed by atoms with Gasteiger partial charge in [-0.3, -0.25) is 9.59 Å². The minimum absolute atomic E-state index is 0.124. The zero-order valence-corrected chi connectivity index (χ0v) is 11.0. The van der Waals surface area contributed by atoms with Crippen LogP contribution in [0, 0.1) is 0 Å². The van der Waals surface area contributed by atoms with Gasteiger partial charge in [0, 0.05) is 0 Å². The number of rotatable bonds is 3. The second-order valence-corrected chi connectivity index (χ2v) is 4.12. The third-order valence-corrected chi connectivity index (χ3v) is 2.79. The van der Waals surface area contributed by atoms with E-state index in [2.05, 4.69) is 4.74 Å². The molecule has 0 N–H and O–H groups in total. The highest BCUT2D eigenvalue weighted by molar-refractivity contribution is 6.19. The second-order valence-electron chi connectivity index (χ2n) is 4.12. The summed E-state index contributed by atoms with van der Waals surface area (Å²) in [5, 5.41) is 0.383. The summed E-state index contributed by atoms with van der Waals surface area (Å²) in [5.74, 6) is -1.27. The van der Waals surface area contributed by atoms with Crippen molar-refractivity contribution in [3.63, 3.8) is 0 Å². The lowest BCUT2D eigenvalue weighted by atomic mass is 10.1. The number of hydrogen-bond donors (Lipinski definition) is 0. The Morgan fingerprint density at radius 3 is 2.60 bits per heavy atom. The summed E-state index contributed by atoms with van der Waals surface area (Å²) in [6.45, 7) is 1.23. The van der Waals surface area contributed by atoms with Crippen LogP contribution in [-0.2, 0) is 14.3 Å². The number of fused-ring (bicyclic) bond motifs is 1. The van der Waals surface area contributed by atoms with Gasteiger partial charge in [-0.1, -0.05) is 12.1 Å². The van der Waals surface area contributed by atoms with Gasteiger partial charge in [-0.2, -0.15) is 0 Å². The van der Waals surface area contributed by atoms with Crippen LogP contribution in [0.25, 0.3) is 17.0 Å². The minimum atomic E-state index is -0.787. The molecule has 20 heavy (non-hydrogen) atoms. The first-order valence-corrected chi connectivity index (χ1v) is 5.86. The summed E-state index contributed by atoms with van der Waals surface area (Å²) in [7, 11) is 1.17. The lowest BCUT2D eigenvalue weighted by Crippen LogP contribution is -2.13. The van der Waals surface area contributed by atoms with Gasteiger partial charge >= 0.3 is 5.97 Å². The predicted octanol–water partition coefficient (Wildman–Crippen LogP) is 1.94. The zero-order valence-electron chi connectivity index (χ0n) is 11.0. The van der Waals surface area contributed by atoms with E-state index in [1.807, 2.05) is 0 Å². The second kappa shape index (κ2) is 5.52. The first-order valence-electron chi connectivity index (χ1n) is 5.86. The molecule has 0 saturated heterocycles. The monoisotopic (exact) mass is 272 g/mol. The van der Waals surface area contributed by atoms with Crippen LogP contribution >= 0.6 is 0 Å². The highest BCUT2D eigenvalue weighted by Gasteiger charge is 2.16. The largest absolute Gasteiger partial charge is 0.465 e. The number of methoxy groups -OCH3 is 1. The summed E-state index contributed by atoms with van der Waals surface area (Å²) < 4.78 is 9.82. The summed E-state index contributed by atoms with van der Waals surface area (Å²) >= 11 is 0. The molecule has 1 aromatic heterocycles. The molecule has 0 aliphatic carbocycles. The van der Waals surface area contributed by atoms with E-state index in [4.69, 9.17) is 4.42 Å². The van der Waals surface area contributed by atoms with E-state index in [1.165, 1.54) is 26.4 Å². The molecule has 0 aliphatic rings. The molecule has 0 aliphatic heterocycles. The van der Waals surface area contributed by atoms with E-state index in [9.17, 15) is 14.4 Å². The highest BCUT2D eigenvalue weighted by Crippen LogP contribution is 2.13. The van der Waals surface area contributed by atoms with Crippen LogP contribution in [0.1, 0.15) is 12.5 Å². The molecule has 2 aromatic rings. The van der Waals surface area contributed by atoms with Crippen LogP contribution < -0.4 is 5.43 Å². The number of esters is 1. The Morgan fingerprint density at radius 2 is 1.95 bits per heavy atom. The molecule has 0 amide bonds. The van der Waals surface area contributed by atoms with Crippen LogP contribution in [0.5, 0.6) is 0 Å². The topological polar surface area (TPSA) is 73.6 Å². The van der Waals surface area contributed by atoms with E-state index in [1.54, 1.807) is 24.3 Å². The number of carbonyl (C=O) groups is 2. The Bertz CT molecular complexity index is 767. The maximum Gasteiger partial charge on any atom is 0.341 e. The van der Waals surface area contributed by atoms with Crippen LogP contribution in [-0.4, -0.2) is 18.9 Å². The number of ether oxygens (including phenoxy) is 1. The molecular formula is C15H12O5. The molecule has 5 nitrogen and oxygen atoms in total. The Morgan fingerprint density at radius 1 is 1.25 bits per heavy atom. The van der Waals surface area contributed by atoms with Crippen molar-refractivity contribution in [3.05, 3.63) is 51.9 Å². The molecule has 0 spiro atoms. The predicted molar refractivity (Wildman–Crippen MR) is 73.2 cm³/mol. The highest BCUT2D eigenvalue weighted by atomic mass is 16.5. The molecule has 5 heteroatoms. The number of Topliss-reactive ketones (excluding diaryl/α,β-unsaturated/α-hetero) is 1. The van der Waals surface area contributed by atoms with Gasteiger partial charge in [-0.15, -0.1) is 0 Å². The van der Waals surface area contributed by atoms with E-state index >= 15 is 0 Å². The Kier molecular flexibility index (Phi) is 3.79. The van der Waals surface area contributed by atoms with Crippen molar-refractivity contribution in [2.75, 3.05) is 7.11 Å². The Labute approximate surface area is 114 Å². The summed E-state index contributed by atoms with van der Waals surface area (Å²) in [4.78, 5) is 35.1. The van der Waals surface area contributed by atoms with Gasteiger partial charge in [0.15, 0.2) is 11.2 Å².